The summed E-state index contributed by atoms with van der Waals surface area (Å²) in [6, 6.07) is 9.22. The molecule has 1 aliphatic heterocycles. The number of nitrogens with zero attached hydrogens (tertiary/aromatic N) is 1. The van der Waals surface area contributed by atoms with E-state index in [1.54, 1.807) is 11.2 Å². The van der Waals surface area contributed by atoms with Crippen LogP contribution < -0.4 is 5.32 Å². The second kappa shape index (κ2) is 6.90. The Bertz CT molecular complexity index is 563. The highest BCUT2D eigenvalue weighted by molar-refractivity contribution is 7.89. The molecule has 1 aromatic carbocycles. The maximum atomic E-state index is 11.8. The van der Waals surface area contributed by atoms with Crippen molar-refractivity contribution in [1.82, 2.24) is 9.62 Å². The molecule has 0 saturated carbocycles. The van der Waals surface area contributed by atoms with E-state index >= 15 is 0 Å². The topological polar surface area (TPSA) is 49.4 Å². The van der Waals surface area contributed by atoms with Gasteiger partial charge in [-0.1, -0.05) is 29.8 Å². The number of aryl methyl sites for hydroxylation is 1. The first-order valence-electron chi connectivity index (χ1n) is 7.73. The summed E-state index contributed by atoms with van der Waals surface area (Å²) >= 11 is 0. The van der Waals surface area contributed by atoms with E-state index < -0.39 is 10.0 Å². The normalized spacial score (nSPS) is 19.6. The summed E-state index contributed by atoms with van der Waals surface area (Å²) in [6.45, 7) is 7.25. The van der Waals surface area contributed by atoms with Crippen LogP contribution in [0.5, 0.6) is 0 Å². The molecule has 0 aromatic heterocycles. The Kier molecular flexibility index (Phi) is 5.41. The lowest BCUT2D eigenvalue weighted by atomic mass is 10.0. The fourth-order valence-electron chi connectivity index (χ4n) is 2.87. The van der Waals surface area contributed by atoms with Crippen LogP contribution in [-0.4, -0.2) is 37.6 Å². The Hall–Kier alpha value is -0.910. The third kappa shape index (κ3) is 4.28. The molecule has 1 fully saturated rings. The molecule has 1 heterocycles. The van der Waals surface area contributed by atoms with Gasteiger partial charge in [-0.2, -0.15) is 0 Å². The largest absolute Gasteiger partial charge is 0.307 e. The molecule has 5 heteroatoms. The molecule has 1 atom stereocenters. The second-order valence-corrected chi connectivity index (χ2v) is 8.13. The van der Waals surface area contributed by atoms with Gasteiger partial charge in [-0.15, -0.1) is 0 Å². The number of hydrogen-bond acceptors (Lipinski definition) is 3. The first-order chi connectivity index (χ1) is 9.92. The molecule has 0 spiro atoms. The molecule has 0 aliphatic carbocycles. The highest BCUT2D eigenvalue weighted by atomic mass is 32.2. The molecule has 0 radical (unpaired) electrons. The predicted octanol–water partition coefficient (Wildman–Crippen LogP) is 2.46. The first kappa shape index (κ1) is 16.5. The van der Waals surface area contributed by atoms with Gasteiger partial charge in [-0.05, 0) is 39.2 Å². The van der Waals surface area contributed by atoms with Crippen LogP contribution in [0.4, 0.5) is 0 Å². The van der Waals surface area contributed by atoms with Crippen molar-refractivity contribution in [3.8, 4) is 0 Å². The highest BCUT2D eigenvalue weighted by Gasteiger charge is 2.27. The molecule has 0 amide bonds. The third-order valence-corrected chi connectivity index (χ3v) is 6.12. The van der Waals surface area contributed by atoms with Crippen LogP contribution in [-0.2, 0) is 10.0 Å². The van der Waals surface area contributed by atoms with E-state index in [0.29, 0.717) is 25.2 Å². The summed E-state index contributed by atoms with van der Waals surface area (Å²) in [7, 11) is -3.03. The van der Waals surface area contributed by atoms with E-state index in [-0.39, 0.29) is 5.75 Å². The summed E-state index contributed by atoms with van der Waals surface area (Å²) in [4.78, 5) is 0. The minimum Gasteiger partial charge on any atom is -0.307 e. The van der Waals surface area contributed by atoms with Gasteiger partial charge in [0.05, 0.1) is 5.75 Å². The van der Waals surface area contributed by atoms with E-state index in [2.05, 4.69) is 43.4 Å². The molecule has 1 aromatic rings. The maximum absolute atomic E-state index is 11.8. The van der Waals surface area contributed by atoms with Gasteiger partial charge in [0.25, 0.3) is 0 Å². The molecule has 21 heavy (non-hydrogen) atoms. The molecule has 1 unspecified atom stereocenters. The van der Waals surface area contributed by atoms with E-state index in [4.69, 9.17) is 0 Å². The van der Waals surface area contributed by atoms with Crippen molar-refractivity contribution in [2.45, 2.75) is 45.7 Å². The van der Waals surface area contributed by atoms with E-state index in [9.17, 15) is 8.42 Å². The van der Waals surface area contributed by atoms with E-state index in [1.165, 1.54) is 11.1 Å². The number of hydrogen-bond donors (Lipinski definition) is 1. The number of sulfonamides is 1. The lowest BCUT2D eigenvalue weighted by molar-refractivity contribution is 0.277. The van der Waals surface area contributed by atoms with Crippen molar-refractivity contribution in [3.63, 3.8) is 0 Å². The van der Waals surface area contributed by atoms with Crippen molar-refractivity contribution in [1.29, 1.82) is 0 Å². The molecule has 1 aliphatic rings. The molecule has 4 nitrogen and oxygen atoms in total. The van der Waals surface area contributed by atoms with Crippen LogP contribution in [0.1, 0.15) is 43.9 Å². The standard InChI is InChI=1S/C16H26N2O2S/c1-4-21(19,20)18-10-8-16(9-11-18)17-14(3)15-7-5-6-13(2)12-15/h5-7,12,14,16-17H,4,8-11H2,1-3H3. The number of nitrogens with one attached hydrogen (secondary N) is 1. The van der Waals surface area contributed by atoms with Crippen molar-refractivity contribution in [2.24, 2.45) is 0 Å². The van der Waals surface area contributed by atoms with Gasteiger partial charge < -0.3 is 5.32 Å². The summed E-state index contributed by atoms with van der Waals surface area (Å²) in [6.07, 6.45) is 1.77. The molecule has 1 saturated heterocycles. The lowest BCUT2D eigenvalue weighted by Gasteiger charge is -2.33. The van der Waals surface area contributed by atoms with Crippen LogP contribution in [0.2, 0.25) is 0 Å². The maximum Gasteiger partial charge on any atom is 0.213 e. The van der Waals surface area contributed by atoms with E-state index in [1.807, 2.05) is 0 Å². The van der Waals surface area contributed by atoms with Gasteiger partial charge in [-0.25, -0.2) is 12.7 Å². The minimum atomic E-state index is -3.03. The molecule has 1 N–H and O–H groups in total. The molecule has 118 valence electrons. The zero-order valence-electron chi connectivity index (χ0n) is 13.2. The SMILES string of the molecule is CCS(=O)(=O)N1CCC(NC(C)c2cccc(C)c2)CC1. The average Bonchev–Trinajstić information content (AvgIpc) is 2.48. The van der Waals surface area contributed by atoms with Gasteiger partial charge in [-0.3, -0.25) is 0 Å². The lowest BCUT2D eigenvalue weighted by Crippen LogP contribution is -2.45. The fourth-order valence-corrected chi connectivity index (χ4v) is 4.00. The summed E-state index contributed by atoms with van der Waals surface area (Å²) in [5.41, 5.74) is 2.56. The number of rotatable bonds is 5. The van der Waals surface area contributed by atoms with Gasteiger partial charge >= 0.3 is 0 Å². The van der Waals surface area contributed by atoms with Crippen molar-refractivity contribution < 1.29 is 8.42 Å². The molecular weight excluding hydrogens is 284 g/mol. The summed E-state index contributed by atoms with van der Waals surface area (Å²) < 4.78 is 25.3. The van der Waals surface area contributed by atoms with Crippen LogP contribution in [0.15, 0.2) is 24.3 Å². The summed E-state index contributed by atoms with van der Waals surface area (Å²) in [5, 5.41) is 3.63. The Morgan fingerprint density at radius 3 is 2.57 bits per heavy atom. The molecular formula is C16H26N2O2S. The summed E-state index contributed by atoms with van der Waals surface area (Å²) in [5.74, 6) is 0.199. The number of benzene rings is 1. The monoisotopic (exact) mass is 310 g/mol. The highest BCUT2D eigenvalue weighted by Crippen LogP contribution is 2.19. The smallest absolute Gasteiger partial charge is 0.213 e. The van der Waals surface area contributed by atoms with Crippen LogP contribution >= 0.6 is 0 Å². The van der Waals surface area contributed by atoms with Gasteiger partial charge in [0.1, 0.15) is 0 Å². The average molecular weight is 310 g/mol. The van der Waals surface area contributed by atoms with Crippen molar-refractivity contribution in [3.05, 3.63) is 35.4 Å². The Balaban J connectivity index is 1.89. The first-order valence-corrected chi connectivity index (χ1v) is 9.33. The Labute approximate surface area is 128 Å². The number of piperidine rings is 1. The van der Waals surface area contributed by atoms with Crippen LogP contribution in [0.25, 0.3) is 0 Å². The van der Waals surface area contributed by atoms with Crippen molar-refractivity contribution >= 4 is 10.0 Å². The zero-order valence-corrected chi connectivity index (χ0v) is 14.0. The van der Waals surface area contributed by atoms with Crippen LogP contribution in [0, 0.1) is 6.92 Å². The van der Waals surface area contributed by atoms with Gasteiger partial charge in [0, 0.05) is 25.2 Å². The Morgan fingerprint density at radius 1 is 1.33 bits per heavy atom. The van der Waals surface area contributed by atoms with Gasteiger partial charge in [0.15, 0.2) is 0 Å². The van der Waals surface area contributed by atoms with Gasteiger partial charge in [0.2, 0.25) is 10.0 Å². The predicted molar refractivity (Wildman–Crippen MR) is 86.8 cm³/mol. The quantitative estimate of drug-likeness (QED) is 0.909. The third-order valence-electron chi connectivity index (χ3n) is 4.24. The zero-order chi connectivity index (χ0) is 15.5. The molecule has 0 bridgehead atoms. The minimum absolute atomic E-state index is 0.199. The van der Waals surface area contributed by atoms with Crippen molar-refractivity contribution in [2.75, 3.05) is 18.8 Å². The Morgan fingerprint density at radius 2 is 2.00 bits per heavy atom. The van der Waals surface area contributed by atoms with E-state index in [0.717, 1.165) is 12.8 Å². The molecule has 2 rings (SSSR count). The fraction of sp³-hybridized carbons (Fsp3) is 0.625. The second-order valence-electron chi connectivity index (χ2n) is 5.88. The van der Waals surface area contributed by atoms with Crippen LogP contribution in [0.3, 0.4) is 0 Å².